The maximum atomic E-state index is 13.0. The molecule has 0 radical (unpaired) electrons. The van der Waals surface area contributed by atoms with E-state index in [2.05, 4.69) is 16.0 Å². The molecule has 26 heavy (non-hydrogen) atoms. The minimum absolute atomic E-state index is 0.0796. The Morgan fingerprint density at radius 1 is 1.42 bits per heavy atom. The third kappa shape index (κ3) is 3.06. The molecule has 1 fully saturated rings. The Bertz CT molecular complexity index is 1030. The van der Waals surface area contributed by atoms with Crippen LogP contribution < -0.4 is 5.56 Å². The maximum Gasteiger partial charge on any atom is 0.258 e. The molecule has 1 aromatic heterocycles. The summed E-state index contributed by atoms with van der Waals surface area (Å²) in [5.74, 6) is -1.40. The number of rotatable bonds is 4. The van der Waals surface area contributed by atoms with E-state index in [1.165, 1.54) is 0 Å². The number of halogens is 1. The molecule has 1 N–H and O–H groups in total. The number of carbonyl (C=O) groups is 1. The van der Waals surface area contributed by atoms with Crippen LogP contribution in [0, 0.1) is 28.6 Å². The van der Waals surface area contributed by atoms with Gasteiger partial charge in [0.25, 0.3) is 5.56 Å². The van der Waals surface area contributed by atoms with Crippen LogP contribution in [0.2, 0.25) is 5.02 Å². The molecule has 134 valence electrons. The molecule has 5 nitrogen and oxygen atoms in total. The van der Waals surface area contributed by atoms with E-state index in [1.54, 1.807) is 18.2 Å². The van der Waals surface area contributed by atoms with Crippen molar-refractivity contribution < 1.29 is 4.79 Å². The molecule has 3 atom stereocenters. The van der Waals surface area contributed by atoms with E-state index in [-0.39, 0.29) is 34.4 Å². The second kappa shape index (κ2) is 6.37. The third-order valence-electron chi connectivity index (χ3n) is 5.10. The maximum absolute atomic E-state index is 13.0. The molecule has 1 aliphatic carbocycles. The Morgan fingerprint density at radius 2 is 2.12 bits per heavy atom. The average Bonchev–Trinajstić information content (AvgIpc) is 3.07. The first-order valence-electron chi connectivity index (χ1n) is 8.44. The van der Waals surface area contributed by atoms with Crippen LogP contribution in [-0.2, 0) is 4.79 Å². The predicted molar refractivity (Wildman–Crippen MR) is 101 cm³/mol. The fourth-order valence-corrected chi connectivity index (χ4v) is 3.76. The van der Waals surface area contributed by atoms with Crippen molar-refractivity contribution >= 4 is 28.3 Å². The van der Waals surface area contributed by atoms with Gasteiger partial charge in [-0.25, -0.2) is 4.98 Å². The normalized spacial score (nSPS) is 21.7. The highest BCUT2D eigenvalue weighted by Gasteiger charge is 2.61. The smallest absolute Gasteiger partial charge is 0.258 e. The minimum Gasteiger partial charge on any atom is -0.308 e. The number of hydrogen-bond donors (Lipinski definition) is 1. The summed E-state index contributed by atoms with van der Waals surface area (Å²) in [6, 6.07) is 6.75. The summed E-state index contributed by atoms with van der Waals surface area (Å²) in [4.78, 5) is 32.3. The summed E-state index contributed by atoms with van der Waals surface area (Å²) >= 11 is 5.97. The second-order valence-corrected chi connectivity index (χ2v) is 8.08. The highest BCUT2D eigenvalue weighted by molar-refractivity contribution is 6.31. The van der Waals surface area contributed by atoms with Crippen LogP contribution in [0.4, 0.5) is 0 Å². The lowest BCUT2D eigenvalue weighted by Crippen LogP contribution is -2.22. The zero-order chi connectivity index (χ0) is 19.2. The van der Waals surface area contributed by atoms with Crippen molar-refractivity contribution in [1.82, 2.24) is 9.97 Å². The molecule has 3 rings (SSSR count). The summed E-state index contributed by atoms with van der Waals surface area (Å²) in [7, 11) is 0. The molecular weight excluding hydrogens is 350 g/mol. The number of carbonyl (C=O) groups excluding carboxylic acids is 1. The SMILES string of the molecule is CC(C)=C[C@@H]1[C@H](C(=O)[C@H](C#N)c2nc3cc(Cl)ccc3c(=O)[nH]2)C1(C)C. The number of benzene rings is 1. The van der Waals surface area contributed by atoms with Crippen molar-refractivity contribution in [1.29, 1.82) is 5.26 Å². The summed E-state index contributed by atoms with van der Waals surface area (Å²) in [5, 5.41) is 10.4. The van der Waals surface area contributed by atoms with Crippen molar-refractivity contribution in [3.8, 4) is 6.07 Å². The zero-order valence-corrected chi connectivity index (χ0v) is 15.9. The van der Waals surface area contributed by atoms with Gasteiger partial charge >= 0.3 is 0 Å². The molecule has 2 aromatic rings. The predicted octanol–water partition coefficient (Wildman–Crippen LogP) is 3.99. The van der Waals surface area contributed by atoms with Crippen molar-refractivity contribution in [2.24, 2.45) is 17.3 Å². The van der Waals surface area contributed by atoms with E-state index in [4.69, 9.17) is 11.6 Å². The van der Waals surface area contributed by atoms with E-state index >= 15 is 0 Å². The lowest BCUT2D eigenvalue weighted by atomic mass is 9.96. The topological polar surface area (TPSA) is 86.6 Å². The Morgan fingerprint density at radius 3 is 2.73 bits per heavy atom. The summed E-state index contributed by atoms with van der Waals surface area (Å²) in [6.07, 6.45) is 2.08. The number of nitrogens with zero attached hydrogens (tertiary/aromatic N) is 2. The summed E-state index contributed by atoms with van der Waals surface area (Å²) in [5.41, 5.74) is 0.925. The number of Topliss-reactive ketones (excluding diaryl/α,β-unsaturated/α-hetero) is 1. The minimum atomic E-state index is -1.11. The number of nitriles is 1. The Labute approximate surface area is 156 Å². The number of nitrogens with one attached hydrogen (secondary N) is 1. The van der Waals surface area contributed by atoms with E-state index in [1.807, 2.05) is 33.8 Å². The molecule has 6 heteroatoms. The molecule has 1 heterocycles. The lowest BCUT2D eigenvalue weighted by Gasteiger charge is -2.09. The van der Waals surface area contributed by atoms with Gasteiger partial charge in [-0.3, -0.25) is 9.59 Å². The van der Waals surface area contributed by atoms with E-state index < -0.39 is 5.92 Å². The molecule has 0 unspecified atom stereocenters. The number of aromatic nitrogens is 2. The molecule has 0 saturated heterocycles. The Balaban J connectivity index is 2.01. The van der Waals surface area contributed by atoms with Gasteiger partial charge in [0.1, 0.15) is 5.82 Å². The molecule has 0 bridgehead atoms. The molecule has 1 saturated carbocycles. The summed E-state index contributed by atoms with van der Waals surface area (Å²) < 4.78 is 0. The van der Waals surface area contributed by atoms with E-state index in [0.717, 1.165) is 5.57 Å². The third-order valence-corrected chi connectivity index (χ3v) is 5.34. The molecule has 1 aromatic carbocycles. The number of H-pyrrole nitrogens is 1. The van der Waals surface area contributed by atoms with Gasteiger partial charge in [0.15, 0.2) is 11.7 Å². The van der Waals surface area contributed by atoms with Crippen LogP contribution >= 0.6 is 11.6 Å². The average molecular weight is 370 g/mol. The van der Waals surface area contributed by atoms with Crippen LogP contribution in [0.15, 0.2) is 34.6 Å². The molecular formula is C20H20ClN3O2. The first-order chi connectivity index (χ1) is 12.2. The van der Waals surface area contributed by atoms with Gasteiger partial charge in [-0.05, 0) is 43.4 Å². The number of fused-ring (bicyclic) bond motifs is 1. The molecule has 0 aliphatic heterocycles. The number of ketones is 1. The van der Waals surface area contributed by atoms with Crippen molar-refractivity contribution in [3.05, 3.63) is 51.0 Å². The monoisotopic (exact) mass is 369 g/mol. The number of hydrogen-bond acceptors (Lipinski definition) is 4. The second-order valence-electron chi connectivity index (χ2n) is 7.65. The van der Waals surface area contributed by atoms with Crippen LogP contribution in [0.1, 0.15) is 39.4 Å². The Kier molecular flexibility index (Phi) is 4.49. The van der Waals surface area contributed by atoms with Gasteiger partial charge in [-0.2, -0.15) is 5.26 Å². The van der Waals surface area contributed by atoms with Crippen LogP contribution in [0.3, 0.4) is 0 Å². The molecule has 1 aliphatic rings. The number of aromatic amines is 1. The lowest BCUT2D eigenvalue weighted by molar-refractivity contribution is -0.121. The van der Waals surface area contributed by atoms with Crippen LogP contribution in [0.5, 0.6) is 0 Å². The fourth-order valence-electron chi connectivity index (χ4n) is 3.60. The highest BCUT2D eigenvalue weighted by atomic mass is 35.5. The van der Waals surface area contributed by atoms with Crippen LogP contribution in [-0.4, -0.2) is 15.8 Å². The van der Waals surface area contributed by atoms with E-state index in [9.17, 15) is 14.9 Å². The largest absolute Gasteiger partial charge is 0.308 e. The Hall–Kier alpha value is -2.45. The van der Waals surface area contributed by atoms with Crippen molar-refractivity contribution in [2.45, 2.75) is 33.6 Å². The first-order valence-corrected chi connectivity index (χ1v) is 8.82. The van der Waals surface area contributed by atoms with Gasteiger partial charge in [0, 0.05) is 10.9 Å². The van der Waals surface area contributed by atoms with Gasteiger partial charge in [0.2, 0.25) is 0 Å². The fraction of sp³-hybridized carbons (Fsp3) is 0.400. The van der Waals surface area contributed by atoms with Crippen molar-refractivity contribution in [3.63, 3.8) is 0 Å². The van der Waals surface area contributed by atoms with Crippen LogP contribution in [0.25, 0.3) is 10.9 Å². The van der Waals surface area contributed by atoms with Gasteiger partial charge in [-0.1, -0.05) is 37.1 Å². The number of allylic oxidation sites excluding steroid dienone is 2. The first kappa shape index (κ1) is 18.3. The molecule has 0 spiro atoms. The van der Waals surface area contributed by atoms with Gasteiger partial charge in [-0.15, -0.1) is 0 Å². The van der Waals surface area contributed by atoms with Gasteiger partial charge < -0.3 is 4.98 Å². The quantitative estimate of drug-likeness (QED) is 0.825. The zero-order valence-electron chi connectivity index (χ0n) is 15.1. The van der Waals surface area contributed by atoms with E-state index in [0.29, 0.717) is 15.9 Å². The van der Waals surface area contributed by atoms with Gasteiger partial charge in [0.05, 0.1) is 17.0 Å². The molecule has 0 amide bonds. The standard InChI is InChI=1S/C20H20ClN3O2/c1-10(2)7-14-16(20(14,3)4)17(25)13(9-22)18-23-15-8-11(21)5-6-12(15)19(26)24-18/h5-8,13-14,16H,1-4H3,(H,23,24,26)/t13-,14+,16+/m0/s1. The van der Waals surface area contributed by atoms with Crippen molar-refractivity contribution in [2.75, 3.05) is 0 Å². The summed E-state index contributed by atoms with van der Waals surface area (Å²) in [6.45, 7) is 8.02. The highest BCUT2D eigenvalue weighted by Crippen LogP contribution is 2.60.